The molecule has 0 amide bonds. The molecule has 0 spiro atoms. The first-order valence-electron chi connectivity index (χ1n) is 5.71. The van der Waals surface area contributed by atoms with Gasteiger partial charge in [0.05, 0.1) is 10.0 Å². The lowest BCUT2D eigenvalue weighted by molar-refractivity contribution is -0.141. The highest BCUT2D eigenvalue weighted by atomic mass is 35.5. The van der Waals surface area contributed by atoms with E-state index in [0.717, 1.165) is 17.8 Å². The summed E-state index contributed by atoms with van der Waals surface area (Å²) in [6, 6.07) is 7.04. The van der Waals surface area contributed by atoms with Gasteiger partial charge in [0.15, 0.2) is 0 Å². The van der Waals surface area contributed by atoms with Gasteiger partial charge in [-0.15, -0.1) is 0 Å². The third-order valence-electron chi connectivity index (χ3n) is 2.56. The van der Waals surface area contributed by atoms with E-state index < -0.39 is 11.9 Å². The van der Waals surface area contributed by atoms with Gasteiger partial charge >= 0.3 is 6.18 Å². The summed E-state index contributed by atoms with van der Waals surface area (Å²) in [6.45, 7) is 0.0921. The first kappa shape index (κ1) is 16.4. The van der Waals surface area contributed by atoms with Crippen LogP contribution in [0.1, 0.15) is 11.3 Å². The molecule has 8 heteroatoms. The van der Waals surface area contributed by atoms with Gasteiger partial charge in [-0.05, 0) is 29.8 Å². The van der Waals surface area contributed by atoms with Crippen LogP contribution < -0.4 is 5.73 Å². The van der Waals surface area contributed by atoms with Crippen LogP contribution in [0, 0.1) is 0 Å². The Hall–Kier alpha value is -0.950. The van der Waals surface area contributed by atoms with E-state index in [-0.39, 0.29) is 11.6 Å². The minimum atomic E-state index is -4.50. The van der Waals surface area contributed by atoms with Crippen LogP contribution >= 0.6 is 35.0 Å². The molecule has 2 aromatic rings. The van der Waals surface area contributed by atoms with Crippen molar-refractivity contribution in [2.75, 3.05) is 0 Å². The summed E-state index contributed by atoms with van der Waals surface area (Å²) in [7, 11) is 0. The summed E-state index contributed by atoms with van der Waals surface area (Å²) in [5, 5.41) is 0.894. The molecule has 0 atom stereocenters. The Kier molecular flexibility index (Phi) is 5.03. The van der Waals surface area contributed by atoms with Crippen LogP contribution in [-0.4, -0.2) is 4.98 Å². The fraction of sp³-hybridized carbons (Fsp3) is 0.154. The highest BCUT2D eigenvalue weighted by Crippen LogP contribution is 2.35. The standard InChI is InChI=1S/C13H9Cl2F3N2S/c14-9-3-2-8(5-10(9)15)21-12-7(6-19)1-4-11(20-12)13(16,17)18/h1-5H,6,19H2. The fourth-order valence-electron chi connectivity index (χ4n) is 1.52. The van der Waals surface area contributed by atoms with E-state index >= 15 is 0 Å². The number of nitrogens with zero attached hydrogens (tertiary/aromatic N) is 1. The molecule has 0 aliphatic rings. The molecule has 112 valence electrons. The molecule has 0 unspecified atom stereocenters. The first-order valence-corrected chi connectivity index (χ1v) is 7.28. The third-order valence-corrected chi connectivity index (χ3v) is 4.33. The van der Waals surface area contributed by atoms with Crippen LogP contribution in [-0.2, 0) is 12.7 Å². The van der Waals surface area contributed by atoms with E-state index in [1.165, 1.54) is 6.07 Å². The summed E-state index contributed by atoms with van der Waals surface area (Å²) in [4.78, 5) is 4.27. The fourth-order valence-corrected chi connectivity index (χ4v) is 2.85. The molecule has 0 fully saturated rings. The predicted molar refractivity (Wildman–Crippen MR) is 77.7 cm³/mol. The minimum Gasteiger partial charge on any atom is -0.326 e. The second-order valence-electron chi connectivity index (χ2n) is 4.04. The van der Waals surface area contributed by atoms with Gasteiger partial charge < -0.3 is 5.73 Å². The number of hydrogen-bond acceptors (Lipinski definition) is 3. The molecule has 0 radical (unpaired) electrons. The summed E-state index contributed by atoms with van der Waals surface area (Å²) < 4.78 is 38.2. The Morgan fingerprint density at radius 1 is 1.10 bits per heavy atom. The van der Waals surface area contributed by atoms with E-state index in [1.54, 1.807) is 18.2 Å². The van der Waals surface area contributed by atoms with Crippen molar-refractivity contribution >= 4 is 35.0 Å². The molecule has 1 aromatic heterocycles. The van der Waals surface area contributed by atoms with E-state index in [0.29, 0.717) is 20.5 Å². The smallest absolute Gasteiger partial charge is 0.326 e. The minimum absolute atomic E-state index is 0.0921. The number of benzene rings is 1. The SMILES string of the molecule is NCc1ccc(C(F)(F)F)nc1Sc1ccc(Cl)c(Cl)c1. The molecular weight excluding hydrogens is 344 g/mol. The highest BCUT2D eigenvalue weighted by molar-refractivity contribution is 7.99. The van der Waals surface area contributed by atoms with Gasteiger partial charge in [-0.25, -0.2) is 4.98 Å². The van der Waals surface area contributed by atoms with Crippen LogP contribution in [0.25, 0.3) is 0 Å². The molecular formula is C13H9Cl2F3N2S. The molecule has 2 rings (SSSR count). The lowest BCUT2D eigenvalue weighted by Crippen LogP contribution is -2.10. The lowest BCUT2D eigenvalue weighted by Gasteiger charge is -2.11. The normalized spacial score (nSPS) is 11.7. The average molecular weight is 353 g/mol. The number of rotatable bonds is 3. The maximum atomic E-state index is 12.7. The van der Waals surface area contributed by atoms with E-state index in [1.807, 2.05) is 0 Å². The van der Waals surface area contributed by atoms with E-state index in [4.69, 9.17) is 28.9 Å². The first-order chi connectivity index (χ1) is 9.81. The number of halogens is 5. The van der Waals surface area contributed by atoms with Gasteiger partial charge in [-0.1, -0.05) is 41.0 Å². The van der Waals surface area contributed by atoms with Gasteiger partial charge in [-0.3, -0.25) is 0 Å². The Balaban J connectivity index is 2.39. The van der Waals surface area contributed by atoms with Crippen molar-refractivity contribution < 1.29 is 13.2 Å². The maximum absolute atomic E-state index is 12.7. The maximum Gasteiger partial charge on any atom is 0.433 e. The number of nitrogens with two attached hydrogens (primary N) is 1. The largest absolute Gasteiger partial charge is 0.433 e. The molecule has 0 aliphatic heterocycles. The van der Waals surface area contributed by atoms with Crippen LogP contribution in [0.4, 0.5) is 13.2 Å². The molecule has 0 aliphatic carbocycles. The summed E-state index contributed by atoms with van der Waals surface area (Å²) in [5.74, 6) is 0. The Morgan fingerprint density at radius 3 is 2.38 bits per heavy atom. The average Bonchev–Trinajstić information content (AvgIpc) is 2.42. The summed E-state index contributed by atoms with van der Waals surface area (Å²) in [6.07, 6.45) is -4.50. The monoisotopic (exact) mass is 352 g/mol. The van der Waals surface area contributed by atoms with Crippen molar-refractivity contribution in [3.05, 3.63) is 51.6 Å². The second kappa shape index (κ2) is 6.44. The van der Waals surface area contributed by atoms with Gasteiger partial charge in [0.2, 0.25) is 0 Å². The molecule has 2 nitrogen and oxygen atoms in total. The molecule has 0 saturated carbocycles. The van der Waals surface area contributed by atoms with Crippen LogP contribution in [0.2, 0.25) is 10.0 Å². The van der Waals surface area contributed by atoms with Gasteiger partial charge in [0.25, 0.3) is 0 Å². The Morgan fingerprint density at radius 2 is 1.81 bits per heavy atom. The molecule has 0 bridgehead atoms. The predicted octanol–water partition coefficient (Wildman–Crippen LogP) is 5.02. The van der Waals surface area contributed by atoms with Crippen LogP contribution in [0.5, 0.6) is 0 Å². The lowest BCUT2D eigenvalue weighted by atomic mass is 10.2. The summed E-state index contributed by atoms with van der Waals surface area (Å²) in [5.41, 5.74) is 5.11. The van der Waals surface area contributed by atoms with Crippen molar-refractivity contribution in [3.8, 4) is 0 Å². The van der Waals surface area contributed by atoms with Crippen LogP contribution in [0.3, 0.4) is 0 Å². The van der Waals surface area contributed by atoms with Crippen molar-refractivity contribution in [3.63, 3.8) is 0 Å². The van der Waals surface area contributed by atoms with Gasteiger partial charge in [-0.2, -0.15) is 13.2 Å². The molecule has 1 aromatic carbocycles. The van der Waals surface area contributed by atoms with Crippen molar-refractivity contribution in [1.29, 1.82) is 0 Å². The highest BCUT2D eigenvalue weighted by Gasteiger charge is 2.33. The zero-order valence-electron chi connectivity index (χ0n) is 10.4. The molecule has 1 heterocycles. The third kappa shape index (κ3) is 4.03. The van der Waals surface area contributed by atoms with Crippen molar-refractivity contribution in [1.82, 2.24) is 4.98 Å². The molecule has 0 saturated heterocycles. The zero-order chi connectivity index (χ0) is 15.6. The van der Waals surface area contributed by atoms with E-state index in [9.17, 15) is 13.2 Å². The topological polar surface area (TPSA) is 38.9 Å². The summed E-state index contributed by atoms with van der Waals surface area (Å²) >= 11 is 12.7. The number of alkyl halides is 3. The van der Waals surface area contributed by atoms with E-state index in [2.05, 4.69) is 4.98 Å². The van der Waals surface area contributed by atoms with Crippen molar-refractivity contribution in [2.24, 2.45) is 5.73 Å². The van der Waals surface area contributed by atoms with Crippen LogP contribution in [0.15, 0.2) is 40.3 Å². The van der Waals surface area contributed by atoms with Gasteiger partial charge in [0.1, 0.15) is 10.7 Å². The number of pyridine rings is 1. The van der Waals surface area contributed by atoms with Gasteiger partial charge in [0, 0.05) is 11.4 Å². The molecule has 21 heavy (non-hydrogen) atoms. The number of aromatic nitrogens is 1. The number of hydrogen-bond donors (Lipinski definition) is 1. The quantitative estimate of drug-likeness (QED) is 0.842. The van der Waals surface area contributed by atoms with Crippen molar-refractivity contribution in [2.45, 2.75) is 22.6 Å². The molecule has 2 N–H and O–H groups in total. The Bertz CT molecular complexity index is 662. The Labute approximate surface area is 133 Å². The zero-order valence-corrected chi connectivity index (χ0v) is 12.7. The second-order valence-corrected chi connectivity index (χ2v) is 5.92.